The van der Waals surface area contributed by atoms with Crippen LogP contribution in [0.15, 0.2) is 24.5 Å². The predicted molar refractivity (Wildman–Crippen MR) is 70.7 cm³/mol. The van der Waals surface area contributed by atoms with Crippen molar-refractivity contribution in [3.63, 3.8) is 0 Å². The van der Waals surface area contributed by atoms with Gasteiger partial charge in [0.2, 0.25) is 5.91 Å². The Labute approximate surface area is 113 Å². The molecule has 1 saturated heterocycles. The van der Waals surface area contributed by atoms with Gasteiger partial charge in [0.05, 0.1) is 25.2 Å². The third kappa shape index (κ3) is 3.52. The van der Waals surface area contributed by atoms with Crippen LogP contribution in [0.25, 0.3) is 0 Å². The summed E-state index contributed by atoms with van der Waals surface area (Å²) < 4.78 is 10.5. The topological polar surface area (TPSA) is 51.7 Å². The van der Waals surface area contributed by atoms with Crippen molar-refractivity contribution in [2.75, 3.05) is 27.4 Å². The fraction of sp³-hybridized carbons (Fsp3) is 0.571. The van der Waals surface area contributed by atoms with Crippen molar-refractivity contribution in [1.29, 1.82) is 0 Å². The van der Waals surface area contributed by atoms with Gasteiger partial charge in [-0.1, -0.05) is 6.07 Å². The lowest BCUT2D eigenvalue weighted by molar-refractivity contribution is -0.132. The smallest absolute Gasteiger partial charge is 0.227 e. The van der Waals surface area contributed by atoms with Gasteiger partial charge in [-0.2, -0.15) is 0 Å². The highest BCUT2D eigenvalue weighted by atomic mass is 16.5. The fourth-order valence-electron chi connectivity index (χ4n) is 2.48. The largest absolute Gasteiger partial charge is 0.383 e. The summed E-state index contributed by atoms with van der Waals surface area (Å²) in [6, 6.07) is 3.87. The van der Waals surface area contributed by atoms with Gasteiger partial charge < -0.3 is 14.4 Å². The molecule has 0 radical (unpaired) electrons. The number of hydrogen-bond acceptors (Lipinski definition) is 4. The van der Waals surface area contributed by atoms with E-state index in [2.05, 4.69) is 4.98 Å². The summed E-state index contributed by atoms with van der Waals surface area (Å²) in [6.07, 6.45) is 4.76. The van der Waals surface area contributed by atoms with Crippen LogP contribution >= 0.6 is 0 Å². The number of methoxy groups -OCH3 is 2. The zero-order valence-electron chi connectivity index (χ0n) is 11.4. The van der Waals surface area contributed by atoms with Gasteiger partial charge in [0, 0.05) is 33.2 Å². The van der Waals surface area contributed by atoms with E-state index in [4.69, 9.17) is 9.47 Å². The number of hydrogen-bond donors (Lipinski definition) is 0. The van der Waals surface area contributed by atoms with Gasteiger partial charge in [-0.25, -0.2) is 0 Å². The Morgan fingerprint density at radius 3 is 3.00 bits per heavy atom. The third-order valence-corrected chi connectivity index (χ3v) is 3.47. The van der Waals surface area contributed by atoms with Crippen molar-refractivity contribution >= 4 is 5.91 Å². The number of ether oxygens (including phenoxy) is 2. The minimum Gasteiger partial charge on any atom is -0.383 e. The fourth-order valence-corrected chi connectivity index (χ4v) is 2.48. The Morgan fingerprint density at radius 1 is 1.53 bits per heavy atom. The highest BCUT2D eigenvalue weighted by Crippen LogP contribution is 2.21. The standard InChI is InChI=1S/C14H20N2O3/c1-18-10-12-7-13(19-2)9-16(12)14(17)6-11-4-3-5-15-8-11/h3-5,8,12-13H,6-7,9-10H2,1-2H3/t12-,13-/m0/s1. The minimum absolute atomic E-state index is 0.106. The van der Waals surface area contributed by atoms with Crippen LogP contribution in [0, 0.1) is 0 Å². The molecule has 2 atom stereocenters. The van der Waals surface area contributed by atoms with Crippen LogP contribution < -0.4 is 0 Å². The van der Waals surface area contributed by atoms with Crippen molar-refractivity contribution in [3.8, 4) is 0 Å². The van der Waals surface area contributed by atoms with Gasteiger partial charge in [0.15, 0.2) is 0 Å². The molecule has 104 valence electrons. The predicted octanol–water partition coefficient (Wildman–Crippen LogP) is 0.886. The molecule has 0 aliphatic carbocycles. The van der Waals surface area contributed by atoms with Crippen LogP contribution in [0.1, 0.15) is 12.0 Å². The number of pyridine rings is 1. The molecular formula is C14H20N2O3. The van der Waals surface area contributed by atoms with Crippen LogP contribution in [0.5, 0.6) is 0 Å². The molecule has 1 fully saturated rings. The van der Waals surface area contributed by atoms with E-state index < -0.39 is 0 Å². The molecule has 0 saturated carbocycles. The molecule has 1 aliphatic rings. The summed E-state index contributed by atoms with van der Waals surface area (Å²) in [5.41, 5.74) is 0.935. The van der Waals surface area contributed by atoms with Crippen molar-refractivity contribution in [2.45, 2.75) is 25.0 Å². The number of rotatable bonds is 5. The first-order valence-electron chi connectivity index (χ1n) is 6.44. The van der Waals surface area contributed by atoms with Crippen molar-refractivity contribution in [2.24, 2.45) is 0 Å². The second kappa shape index (κ2) is 6.63. The number of carbonyl (C=O) groups excluding carboxylic acids is 1. The molecule has 5 nitrogen and oxygen atoms in total. The molecule has 0 N–H and O–H groups in total. The third-order valence-electron chi connectivity index (χ3n) is 3.47. The van der Waals surface area contributed by atoms with Crippen LogP contribution in [0.3, 0.4) is 0 Å². The second-order valence-corrected chi connectivity index (χ2v) is 4.79. The molecule has 1 amide bonds. The SMILES string of the molecule is COC[C@@H]1C[C@H](OC)CN1C(=O)Cc1cccnc1. The van der Waals surface area contributed by atoms with Crippen molar-refractivity contribution in [3.05, 3.63) is 30.1 Å². The maximum atomic E-state index is 12.3. The molecule has 19 heavy (non-hydrogen) atoms. The Balaban J connectivity index is 2.00. The zero-order valence-corrected chi connectivity index (χ0v) is 11.4. The Morgan fingerprint density at radius 2 is 2.37 bits per heavy atom. The van der Waals surface area contributed by atoms with E-state index in [0.717, 1.165) is 12.0 Å². The highest BCUT2D eigenvalue weighted by molar-refractivity contribution is 5.79. The monoisotopic (exact) mass is 264 g/mol. The summed E-state index contributed by atoms with van der Waals surface area (Å²) in [6.45, 7) is 1.20. The van der Waals surface area contributed by atoms with E-state index >= 15 is 0 Å². The van der Waals surface area contributed by atoms with E-state index in [1.54, 1.807) is 26.6 Å². The molecule has 1 aromatic heterocycles. The Bertz CT molecular complexity index is 410. The lowest BCUT2D eigenvalue weighted by Crippen LogP contribution is -2.39. The molecule has 5 heteroatoms. The van der Waals surface area contributed by atoms with Gasteiger partial charge >= 0.3 is 0 Å². The molecule has 0 bridgehead atoms. The van der Waals surface area contributed by atoms with Crippen molar-refractivity contribution < 1.29 is 14.3 Å². The average molecular weight is 264 g/mol. The van der Waals surface area contributed by atoms with Crippen LogP contribution in [-0.4, -0.2) is 55.3 Å². The second-order valence-electron chi connectivity index (χ2n) is 4.79. The lowest BCUT2D eigenvalue weighted by Gasteiger charge is -2.23. The minimum atomic E-state index is 0.106. The van der Waals surface area contributed by atoms with Gasteiger partial charge in [0.1, 0.15) is 0 Å². The summed E-state index contributed by atoms with van der Waals surface area (Å²) in [5.74, 6) is 0.106. The normalized spacial score (nSPS) is 22.7. The maximum Gasteiger partial charge on any atom is 0.227 e. The first-order valence-corrected chi connectivity index (χ1v) is 6.44. The molecule has 0 spiro atoms. The number of likely N-dealkylation sites (tertiary alicyclic amines) is 1. The summed E-state index contributed by atoms with van der Waals surface area (Å²) in [7, 11) is 3.34. The van der Waals surface area contributed by atoms with Gasteiger partial charge in [-0.05, 0) is 18.1 Å². The van der Waals surface area contributed by atoms with Crippen LogP contribution in [-0.2, 0) is 20.7 Å². The summed E-state index contributed by atoms with van der Waals surface area (Å²) >= 11 is 0. The van der Waals surface area contributed by atoms with E-state index in [-0.39, 0.29) is 18.1 Å². The first-order chi connectivity index (χ1) is 9.24. The van der Waals surface area contributed by atoms with E-state index in [1.807, 2.05) is 17.0 Å². The number of aromatic nitrogens is 1. The van der Waals surface area contributed by atoms with Gasteiger partial charge in [0.25, 0.3) is 0 Å². The number of amides is 1. The summed E-state index contributed by atoms with van der Waals surface area (Å²) in [5, 5.41) is 0. The van der Waals surface area contributed by atoms with Crippen molar-refractivity contribution in [1.82, 2.24) is 9.88 Å². The Kier molecular flexibility index (Phi) is 4.87. The highest BCUT2D eigenvalue weighted by Gasteiger charge is 2.34. The van der Waals surface area contributed by atoms with Crippen LogP contribution in [0.4, 0.5) is 0 Å². The lowest BCUT2D eigenvalue weighted by atomic mass is 10.1. The molecule has 1 aromatic rings. The molecule has 0 unspecified atom stereocenters. The summed E-state index contributed by atoms with van der Waals surface area (Å²) in [4.78, 5) is 18.2. The molecular weight excluding hydrogens is 244 g/mol. The Hall–Kier alpha value is -1.46. The van der Waals surface area contributed by atoms with E-state index in [1.165, 1.54) is 0 Å². The zero-order chi connectivity index (χ0) is 13.7. The maximum absolute atomic E-state index is 12.3. The quantitative estimate of drug-likeness (QED) is 0.792. The van der Waals surface area contributed by atoms with Gasteiger partial charge in [-0.3, -0.25) is 9.78 Å². The van der Waals surface area contributed by atoms with Gasteiger partial charge in [-0.15, -0.1) is 0 Å². The molecule has 1 aliphatic heterocycles. The molecule has 2 heterocycles. The van der Waals surface area contributed by atoms with E-state index in [0.29, 0.717) is 19.6 Å². The van der Waals surface area contributed by atoms with Crippen LogP contribution in [0.2, 0.25) is 0 Å². The number of carbonyl (C=O) groups is 1. The first kappa shape index (κ1) is 14.0. The average Bonchev–Trinajstić information content (AvgIpc) is 2.84. The molecule has 2 rings (SSSR count). The molecule has 0 aromatic carbocycles. The number of nitrogens with zero attached hydrogens (tertiary/aromatic N) is 2. The van der Waals surface area contributed by atoms with E-state index in [9.17, 15) is 4.79 Å².